The van der Waals surface area contributed by atoms with E-state index in [1.54, 1.807) is 38.1 Å². The molecule has 10 nitrogen and oxygen atoms in total. The van der Waals surface area contributed by atoms with Crippen LogP contribution in [0, 0.1) is 5.92 Å². The predicted molar refractivity (Wildman–Crippen MR) is 109 cm³/mol. The zero-order valence-electron chi connectivity index (χ0n) is 17.9. The normalized spacial score (nSPS) is 26.2. The summed E-state index contributed by atoms with van der Waals surface area (Å²) in [6.45, 7) is 3.01. The van der Waals surface area contributed by atoms with Gasteiger partial charge in [-0.1, -0.05) is 19.9 Å². The molecule has 174 valence electrons. The van der Waals surface area contributed by atoms with Gasteiger partial charge < -0.3 is 44.1 Å². The number of aliphatic hydroxyl groups is 4. The van der Waals surface area contributed by atoms with Crippen LogP contribution in [-0.2, 0) is 14.3 Å². The fourth-order valence-electron chi connectivity index (χ4n) is 2.87. The first-order valence-electron chi connectivity index (χ1n) is 9.79. The van der Waals surface area contributed by atoms with Crippen molar-refractivity contribution in [2.24, 2.45) is 5.92 Å². The van der Waals surface area contributed by atoms with Crippen molar-refractivity contribution in [3.63, 3.8) is 0 Å². The SMILES string of the molecule is COc1cc(/C=C/COC(=O)C(C)C)cc(OC)c1O[C@@H]1O[C@H](CO)[C@@H](O)[C@H](O)[C@H]1O. The van der Waals surface area contributed by atoms with Gasteiger partial charge in [0.2, 0.25) is 12.0 Å². The van der Waals surface area contributed by atoms with Crippen molar-refractivity contribution >= 4 is 12.0 Å². The van der Waals surface area contributed by atoms with Gasteiger partial charge in [0.25, 0.3) is 0 Å². The third kappa shape index (κ3) is 6.08. The molecule has 0 aromatic heterocycles. The average molecular weight is 442 g/mol. The first-order valence-corrected chi connectivity index (χ1v) is 9.79. The highest BCUT2D eigenvalue weighted by Crippen LogP contribution is 2.40. The van der Waals surface area contributed by atoms with Crippen LogP contribution in [0.15, 0.2) is 18.2 Å². The van der Waals surface area contributed by atoms with Crippen molar-refractivity contribution in [2.75, 3.05) is 27.4 Å². The van der Waals surface area contributed by atoms with Crippen molar-refractivity contribution in [1.82, 2.24) is 0 Å². The maximum Gasteiger partial charge on any atom is 0.308 e. The maximum absolute atomic E-state index is 11.5. The molecule has 31 heavy (non-hydrogen) atoms. The number of carbonyl (C=O) groups is 1. The van der Waals surface area contributed by atoms with E-state index in [1.165, 1.54) is 14.2 Å². The van der Waals surface area contributed by atoms with E-state index >= 15 is 0 Å². The van der Waals surface area contributed by atoms with Crippen LogP contribution < -0.4 is 14.2 Å². The largest absolute Gasteiger partial charge is 0.493 e. The van der Waals surface area contributed by atoms with Crippen LogP contribution in [0.3, 0.4) is 0 Å². The maximum atomic E-state index is 11.5. The molecule has 1 aromatic carbocycles. The van der Waals surface area contributed by atoms with Gasteiger partial charge in [-0.15, -0.1) is 0 Å². The molecule has 0 aliphatic carbocycles. The molecule has 5 atom stereocenters. The minimum atomic E-state index is -1.58. The molecule has 1 aliphatic rings. The summed E-state index contributed by atoms with van der Waals surface area (Å²) in [5.41, 5.74) is 0.662. The lowest BCUT2D eigenvalue weighted by Crippen LogP contribution is -2.60. The molecule has 1 aliphatic heterocycles. The van der Waals surface area contributed by atoms with Gasteiger partial charge in [-0.2, -0.15) is 0 Å². The lowest BCUT2D eigenvalue weighted by molar-refractivity contribution is -0.277. The van der Waals surface area contributed by atoms with Crippen LogP contribution in [0.25, 0.3) is 6.08 Å². The second-order valence-electron chi connectivity index (χ2n) is 7.26. The summed E-state index contributed by atoms with van der Waals surface area (Å²) < 4.78 is 26.9. The summed E-state index contributed by atoms with van der Waals surface area (Å²) >= 11 is 0. The predicted octanol–water partition coefficient (Wildman–Crippen LogP) is 0.0949. The molecular weight excluding hydrogens is 412 g/mol. The second kappa shape index (κ2) is 11.3. The summed E-state index contributed by atoms with van der Waals surface area (Å²) in [6, 6.07) is 3.26. The first kappa shape index (κ1) is 24.9. The summed E-state index contributed by atoms with van der Waals surface area (Å²) in [5.74, 6) is 0.0681. The Kier molecular flexibility index (Phi) is 9.08. The van der Waals surface area contributed by atoms with Crippen molar-refractivity contribution in [3.05, 3.63) is 23.8 Å². The number of methoxy groups -OCH3 is 2. The molecule has 1 heterocycles. The van der Waals surface area contributed by atoms with E-state index in [9.17, 15) is 25.2 Å². The second-order valence-corrected chi connectivity index (χ2v) is 7.26. The van der Waals surface area contributed by atoms with Crippen LogP contribution >= 0.6 is 0 Å². The van der Waals surface area contributed by atoms with E-state index in [2.05, 4.69) is 0 Å². The number of esters is 1. The number of hydrogen-bond acceptors (Lipinski definition) is 10. The van der Waals surface area contributed by atoms with E-state index < -0.39 is 37.3 Å². The quantitative estimate of drug-likeness (QED) is 0.389. The Hall–Kier alpha value is -2.37. The lowest BCUT2D eigenvalue weighted by atomic mass is 9.99. The van der Waals surface area contributed by atoms with Gasteiger partial charge in [-0.05, 0) is 23.8 Å². The van der Waals surface area contributed by atoms with Crippen molar-refractivity contribution in [2.45, 2.75) is 44.6 Å². The van der Waals surface area contributed by atoms with E-state index in [0.717, 1.165) is 0 Å². The molecule has 0 saturated carbocycles. The minimum absolute atomic E-state index is 0.0951. The fraction of sp³-hybridized carbons (Fsp3) is 0.571. The Morgan fingerprint density at radius 1 is 1.10 bits per heavy atom. The Labute approximate surface area is 180 Å². The fourth-order valence-corrected chi connectivity index (χ4v) is 2.87. The van der Waals surface area contributed by atoms with E-state index in [4.69, 9.17) is 23.7 Å². The van der Waals surface area contributed by atoms with Gasteiger partial charge in [0.05, 0.1) is 26.7 Å². The molecule has 0 unspecified atom stereocenters. The summed E-state index contributed by atoms with van der Waals surface area (Å²) in [6.07, 6.45) is -3.80. The molecule has 0 bridgehead atoms. The highest BCUT2D eigenvalue weighted by molar-refractivity contribution is 5.71. The van der Waals surface area contributed by atoms with Crippen LogP contribution in [0.1, 0.15) is 19.4 Å². The third-order valence-corrected chi connectivity index (χ3v) is 4.67. The molecule has 4 N–H and O–H groups in total. The Balaban J connectivity index is 2.21. The van der Waals surface area contributed by atoms with Crippen LogP contribution in [0.4, 0.5) is 0 Å². The molecule has 1 aromatic rings. The number of ether oxygens (including phenoxy) is 5. The zero-order chi connectivity index (χ0) is 23.1. The monoisotopic (exact) mass is 442 g/mol. The Morgan fingerprint density at radius 3 is 2.23 bits per heavy atom. The van der Waals surface area contributed by atoms with Gasteiger partial charge in [0, 0.05) is 0 Å². The van der Waals surface area contributed by atoms with E-state index in [0.29, 0.717) is 5.56 Å². The first-order chi connectivity index (χ1) is 14.7. The van der Waals surface area contributed by atoms with Crippen LogP contribution in [-0.4, -0.2) is 84.5 Å². The van der Waals surface area contributed by atoms with Crippen molar-refractivity contribution < 1.29 is 48.9 Å². The number of rotatable bonds is 9. The molecule has 0 spiro atoms. The minimum Gasteiger partial charge on any atom is -0.493 e. The molecule has 0 radical (unpaired) electrons. The van der Waals surface area contributed by atoms with Crippen molar-refractivity contribution in [3.8, 4) is 17.2 Å². The smallest absolute Gasteiger partial charge is 0.308 e. The molecule has 1 saturated heterocycles. The molecule has 0 amide bonds. The molecular formula is C21H30O10. The van der Waals surface area contributed by atoms with Gasteiger partial charge in [-0.3, -0.25) is 4.79 Å². The number of hydrogen-bond donors (Lipinski definition) is 4. The number of benzene rings is 1. The van der Waals surface area contributed by atoms with Gasteiger partial charge in [-0.25, -0.2) is 0 Å². The summed E-state index contributed by atoms with van der Waals surface area (Å²) in [4.78, 5) is 11.5. The number of carbonyl (C=O) groups excluding carboxylic acids is 1. The molecule has 10 heteroatoms. The highest BCUT2D eigenvalue weighted by Gasteiger charge is 2.45. The zero-order valence-corrected chi connectivity index (χ0v) is 17.9. The van der Waals surface area contributed by atoms with Crippen LogP contribution in [0.5, 0.6) is 17.2 Å². The third-order valence-electron chi connectivity index (χ3n) is 4.67. The summed E-state index contributed by atoms with van der Waals surface area (Å²) in [5, 5.41) is 39.4. The van der Waals surface area contributed by atoms with Crippen LogP contribution in [0.2, 0.25) is 0 Å². The van der Waals surface area contributed by atoms with E-state index in [1.807, 2.05) is 0 Å². The van der Waals surface area contributed by atoms with Gasteiger partial charge in [0.15, 0.2) is 11.5 Å². The Bertz CT molecular complexity index is 736. The Morgan fingerprint density at radius 2 is 1.71 bits per heavy atom. The standard InChI is InChI=1S/C21H30O10/c1-11(2)20(26)29-7-5-6-12-8-13(27-3)19(14(9-12)28-4)31-21-18(25)17(24)16(23)15(10-22)30-21/h5-6,8-9,11,15-18,21-25H,7,10H2,1-4H3/b6-5+/t15-,16-,17+,18-,21+/m1/s1. The van der Waals surface area contributed by atoms with Crippen molar-refractivity contribution in [1.29, 1.82) is 0 Å². The average Bonchev–Trinajstić information content (AvgIpc) is 2.76. The number of aliphatic hydroxyl groups excluding tert-OH is 4. The topological polar surface area (TPSA) is 144 Å². The molecule has 1 fully saturated rings. The summed E-state index contributed by atoms with van der Waals surface area (Å²) in [7, 11) is 2.82. The lowest BCUT2D eigenvalue weighted by Gasteiger charge is -2.39. The van der Waals surface area contributed by atoms with E-state index in [-0.39, 0.29) is 35.7 Å². The molecule has 2 rings (SSSR count). The van der Waals surface area contributed by atoms with Gasteiger partial charge in [0.1, 0.15) is 31.0 Å². The van der Waals surface area contributed by atoms with Gasteiger partial charge >= 0.3 is 5.97 Å². The highest BCUT2D eigenvalue weighted by atomic mass is 16.7.